The van der Waals surface area contributed by atoms with Gasteiger partial charge in [-0.2, -0.15) is 13.2 Å². The Morgan fingerprint density at radius 2 is 1.89 bits per heavy atom. The van der Waals surface area contributed by atoms with Gasteiger partial charge in [0.15, 0.2) is 0 Å². The number of carbonyl (C=O) groups is 1. The van der Waals surface area contributed by atoms with E-state index in [1.807, 2.05) is 0 Å². The van der Waals surface area contributed by atoms with E-state index >= 15 is 0 Å². The van der Waals surface area contributed by atoms with E-state index in [1.165, 1.54) is 0 Å². The number of nitrogens with zero attached hydrogens (tertiary/aromatic N) is 1. The molecule has 0 fully saturated rings. The van der Waals surface area contributed by atoms with Crippen molar-refractivity contribution in [2.75, 3.05) is 13.6 Å². The van der Waals surface area contributed by atoms with Crippen molar-refractivity contribution in [3.8, 4) is 0 Å². The number of hydrogen-bond acceptors (Lipinski definition) is 2. The molecule has 1 aromatic rings. The van der Waals surface area contributed by atoms with Gasteiger partial charge in [0, 0.05) is 7.05 Å². The molecule has 0 spiro atoms. The summed E-state index contributed by atoms with van der Waals surface area (Å²) in [4.78, 5) is 12.5. The molecule has 0 heterocycles. The van der Waals surface area contributed by atoms with Crippen molar-refractivity contribution in [2.24, 2.45) is 5.73 Å². The van der Waals surface area contributed by atoms with Crippen LogP contribution in [-0.2, 0) is 4.79 Å². The average molecular weight is 290 g/mol. The van der Waals surface area contributed by atoms with Gasteiger partial charge in [0.2, 0.25) is 5.91 Å². The number of alkyl halides is 3. The first-order chi connectivity index (χ1) is 8.72. The molecule has 2 N–H and O–H groups in total. The molecule has 0 aliphatic heterocycles. The largest absolute Gasteiger partial charge is 0.406 e. The lowest BCUT2D eigenvalue weighted by molar-refractivity contribution is -0.158. The molecule has 0 saturated carbocycles. The van der Waals surface area contributed by atoms with E-state index < -0.39 is 24.5 Å². The first-order valence-corrected chi connectivity index (χ1v) is 5.79. The van der Waals surface area contributed by atoms with E-state index in [0.29, 0.717) is 10.5 Å². The SMILES string of the molecule is CN(CC(F)(F)F)C(=O)C(C(N)=S)c1ccccc1. The van der Waals surface area contributed by atoms with Crippen molar-refractivity contribution in [1.82, 2.24) is 4.90 Å². The minimum Gasteiger partial charge on any atom is -0.392 e. The van der Waals surface area contributed by atoms with E-state index in [1.54, 1.807) is 30.3 Å². The number of hydrogen-bond donors (Lipinski definition) is 1. The van der Waals surface area contributed by atoms with E-state index in [2.05, 4.69) is 0 Å². The molecule has 0 saturated heterocycles. The minimum atomic E-state index is -4.46. The van der Waals surface area contributed by atoms with Crippen molar-refractivity contribution in [1.29, 1.82) is 0 Å². The molecule has 0 aromatic heterocycles. The molecular formula is C12H13F3N2OS. The number of nitrogens with two attached hydrogens (primary N) is 1. The maximum absolute atomic E-state index is 12.3. The summed E-state index contributed by atoms with van der Waals surface area (Å²) in [7, 11) is 1.07. The van der Waals surface area contributed by atoms with Crippen LogP contribution in [0, 0.1) is 0 Å². The average Bonchev–Trinajstić information content (AvgIpc) is 2.27. The summed E-state index contributed by atoms with van der Waals surface area (Å²) in [6, 6.07) is 8.26. The van der Waals surface area contributed by atoms with Gasteiger partial charge >= 0.3 is 6.18 Å². The van der Waals surface area contributed by atoms with Gasteiger partial charge in [-0.25, -0.2) is 0 Å². The monoisotopic (exact) mass is 290 g/mol. The summed E-state index contributed by atoms with van der Waals surface area (Å²) in [5.41, 5.74) is 5.95. The molecule has 0 aliphatic rings. The van der Waals surface area contributed by atoms with Crippen LogP contribution in [0.4, 0.5) is 13.2 Å². The zero-order valence-electron chi connectivity index (χ0n) is 10.1. The number of amides is 1. The zero-order valence-corrected chi connectivity index (χ0v) is 11.0. The molecule has 104 valence electrons. The van der Waals surface area contributed by atoms with E-state index in [-0.39, 0.29) is 4.99 Å². The molecule has 19 heavy (non-hydrogen) atoms. The van der Waals surface area contributed by atoms with Gasteiger partial charge in [0.25, 0.3) is 0 Å². The van der Waals surface area contributed by atoms with Gasteiger partial charge in [0.1, 0.15) is 12.5 Å². The number of halogens is 3. The lowest BCUT2D eigenvalue weighted by Crippen LogP contribution is -2.42. The lowest BCUT2D eigenvalue weighted by atomic mass is 9.98. The summed E-state index contributed by atoms with van der Waals surface area (Å²) >= 11 is 4.78. The molecule has 0 bridgehead atoms. The fourth-order valence-corrected chi connectivity index (χ4v) is 1.88. The predicted molar refractivity (Wildman–Crippen MR) is 69.7 cm³/mol. The maximum atomic E-state index is 12.3. The van der Waals surface area contributed by atoms with Crippen molar-refractivity contribution in [3.05, 3.63) is 35.9 Å². The first-order valence-electron chi connectivity index (χ1n) is 5.38. The number of likely N-dealkylation sites (N-methyl/N-ethyl adjacent to an activating group) is 1. The van der Waals surface area contributed by atoms with Gasteiger partial charge in [-0.3, -0.25) is 4.79 Å². The summed E-state index contributed by atoms with van der Waals surface area (Å²) < 4.78 is 36.8. The molecule has 0 aliphatic carbocycles. The molecule has 1 unspecified atom stereocenters. The van der Waals surface area contributed by atoms with Gasteiger partial charge in [0.05, 0.1) is 4.99 Å². The van der Waals surface area contributed by atoms with Crippen LogP contribution in [-0.4, -0.2) is 35.6 Å². The van der Waals surface area contributed by atoms with Crippen LogP contribution in [0.25, 0.3) is 0 Å². The highest BCUT2D eigenvalue weighted by Crippen LogP contribution is 2.22. The van der Waals surface area contributed by atoms with Crippen LogP contribution in [0.2, 0.25) is 0 Å². The second kappa shape index (κ2) is 6.01. The number of carbonyl (C=O) groups excluding carboxylic acids is 1. The molecule has 7 heteroatoms. The van der Waals surface area contributed by atoms with Crippen LogP contribution >= 0.6 is 12.2 Å². The van der Waals surface area contributed by atoms with Crippen LogP contribution in [0.5, 0.6) is 0 Å². The quantitative estimate of drug-likeness (QED) is 0.864. The Morgan fingerprint density at radius 1 is 1.37 bits per heavy atom. The molecule has 1 atom stereocenters. The topological polar surface area (TPSA) is 46.3 Å². The van der Waals surface area contributed by atoms with Crippen molar-refractivity contribution in [2.45, 2.75) is 12.1 Å². The third kappa shape index (κ3) is 4.51. The van der Waals surface area contributed by atoms with Crippen LogP contribution in [0.1, 0.15) is 11.5 Å². The Labute approximate surface area is 114 Å². The molecule has 0 radical (unpaired) electrons. The van der Waals surface area contributed by atoms with Crippen LogP contribution < -0.4 is 5.73 Å². The number of thiocarbonyl (C=S) groups is 1. The Kier molecular flexibility index (Phi) is 4.88. The Bertz CT molecular complexity index is 462. The van der Waals surface area contributed by atoms with E-state index in [9.17, 15) is 18.0 Å². The Morgan fingerprint density at radius 3 is 2.32 bits per heavy atom. The van der Waals surface area contributed by atoms with Crippen LogP contribution in [0.3, 0.4) is 0 Å². The van der Waals surface area contributed by atoms with Crippen molar-refractivity contribution >= 4 is 23.1 Å². The maximum Gasteiger partial charge on any atom is 0.406 e. The predicted octanol–water partition coefficient (Wildman–Crippen LogP) is 2.08. The number of rotatable bonds is 4. The van der Waals surface area contributed by atoms with Crippen LogP contribution in [0.15, 0.2) is 30.3 Å². The summed E-state index contributed by atoms with van der Waals surface area (Å²) in [5.74, 6) is -1.81. The molecule has 3 nitrogen and oxygen atoms in total. The second-order valence-electron chi connectivity index (χ2n) is 4.06. The van der Waals surface area contributed by atoms with Crippen molar-refractivity contribution in [3.63, 3.8) is 0 Å². The molecule has 1 aromatic carbocycles. The molecular weight excluding hydrogens is 277 g/mol. The summed E-state index contributed by atoms with van der Waals surface area (Å²) in [6.07, 6.45) is -4.46. The highest BCUT2D eigenvalue weighted by molar-refractivity contribution is 7.80. The summed E-state index contributed by atoms with van der Waals surface area (Å²) in [5, 5.41) is 0. The van der Waals surface area contributed by atoms with Gasteiger partial charge < -0.3 is 10.6 Å². The fourth-order valence-electron chi connectivity index (χ4n) is 1.64. The highest BCUT2D eigenvalue weighted by atomic mass is 32.1. The normalized spacial score (nSPS) is 12.8. The van der Waals surface area contributed by atoms with Gasteiger partial charge in [-0.1, -0.05) is 42.5 Å². The van der Waals surface area contributed by atoms with E-state index in [0.717, 1.165) is 7.05 Å². The minimum absolute atomic E-state index is 0.148. The second-order valence-corrected chi connectivity index (χ2v) is 4.53. The summed E-state index contributed by atoms with van der Waals surface area (Å²) in [6.45, 7) is -1.34. The smallest absolute Gasteiger partial charge is 0.392 e. The Hall–Kier alpha value is -1.63. The lowest BCUT2D eigenvalue weighted by Gasteiger charge is -2.24. The third-order valence-electron chi connectivity index (χ3n) is 2.46. The fraction of sp³-hybridized carbons (Fsp3) is 0.333. The number of benzene rings is 1. The van der Waals surface area contributed by atoms with Gasteiger partial charge in [-0.05, 0) is 5.56 Å². The first kappa shape index (κ1) is 15.4. The van der Waals surface area contributed by atoms with E-state index in [4.69, 9.17) is 18.0 Å². The highest BCUT2D eigenvalue weighted by Gasteiger charge is 2.34. The third-order valence-corrected chi connectivity index (χ3v) is 2.69. The standard InChI is InChI=1S/C12H13F3N2OS/c1-17(7-12(13,14)15)11(18)9(10(16)19)8-5-3-2-4-6-8/h2-6,9H,7H2,1H3,(H2,16,19). The van der Waals surface area contributed by atoms with Gasteiger partial charge in [-0.15, -0.1) is 0 Å². The zero-order chi connectivity index (χ0) is 14.6. The molecule has 1 rings (SSSR count). The molecule has 1 amide bonds. The van der Waals surface area contributed by atoms with Crippen molar-refractivity contribution < 1.29 is 18.0 Å². The Balaban J connectivity index is 2.95.